The van der Waals surface area contributed by atoms with Crippen molar-refractivity contribution in [3.05, 3.63) is 35.9 Å². The van der Waals surface area contributed by atoms with E-state index >= 15 is 0 Å². The average Bonchev–Trinajstić information content (AvgIpc) is 2.84. The SMILES string of the molecule is Cc1c(-c2ccccc2)nn(C)c1NC(=O)C1CCOCC1. The maximum atomic E-state index is 12.4. The van der Waals surface area contributed by atoms with E-state index in [1.54, 1.807) is 4.68 Å². The third kappa shape index (κ3) is 2.90. The number of aryl methyl sites for hydroxylation is 1. The van der Waals surface area contributed by atoms with Crippen LogP contribution in [0.4, 0.5) is 5.82 Å². The third-order valence-corrected chi connectivity index (χ3v) is 4.16. The van der Waals surface area contributed by atoms with E-state index in [-0.39, 0.29) is 11.8 Å². The van der Waals surface area contributed by atoms with Crippen molar-refractivity contribution in [3.63, 3.8) is 0 Å². The van der Waals surface area contributed by atoms with E-state index in [1.165, 1.54) is 0 Å². The highest BCUT2D eigenvalue weighted by atomic mass is 16.5. The Kier molecular flexibility index (Phi) is 4.24. The number of carbonyl (C=O) groups excluding carboxylic acids is 1. The Hall–Kier alpha value is -2.14. The van der Waals surface area contributed by atoms with Gasteiger partial charge in [0.15, 0.2) is 0 Å². The summed E-state index contributed by atoms with van der Waals surface area (Å²) in [6, 6.07) is 10.0. The molecule has 0 atom stereocenters. The second-order valence-electron chi connectivity index (χ2n) is 5.69. The summed E-state index contributed by atoms with van der Waals surface area (Å²) in [7, 11) is 1.86. The zero-order valence-corrected chi connectivity index (χ0v) is 13.0. The zero-order valence-electron chi connectivity index (χ0n) is 13.0. The molecule has 0 bridgehead atoms. The summed E-state index contributed by atoms with van der Waals surface area (Å²) in [6.45, 7) is 3.32. The van der Waals surface area contributed by atoms with Crippen molar-refractivity contribution in [2.24, 2.45) is 13.0 Å². The molecule has 1 aromatic heterocycles. The number of benzene rings is 1. The first-order valence-electron chi connectivity index (χ1n) is 7.64. The van der Waals surface area contributed by atoms with Crippen LogP contribution in [0.15, 0.2) is 30.3 Å². The number of hydrogen-bond donors (Lipinski definition) is 1. The molecule has 5 heteroatoms. The van der Waals surface area contributed by atoms with Gasteiger partial charge in [0.05, 0.1) is 5.69 Å². The molecule has 0 radical (unpaired) electrons. The van der Waals surface area contributed by atoms with Crippen molar-refractivity contribution in [2.75, 3.05) is 18.5 Å². The molecule has 1 aromatic carbocycles. The van der Waals surface area contributed by atoms with Gasteiger partial charge in [0.2, 0.25) is 5.91 Å². The Balaban J connectivity index is 1.82. The molecule has 116 valence electrons. The molecule has 1 aliphatic heterocycles. The minimum Gasteiger partial charge on any atom is -0.381 e. The van der Waals surface area contributed by atoms with Crippen molar-refractivity contribution < 1.29 is 9.53 Å². The third-order valence-electron chi connectivity index (χ3n) is 4.16. The van der Waals surface area contributed by atoms with Crippen molar-refractivity contribution >= 4 is 11.7 Å². The smallest absolute Gasteiger partial charge is 0.228 e. The van der Waals surface area contributed by atoms with Crippen LogP contribution in [0, 0.1) is 12.8 Å². The van der Waals surface area contributed by atoms with Gasteiger partial charge in [0.1, 0.15) is 5.82 Å². The monoisotopic (exact) mass is 299 g/mol. The first-order valence-corrected chi connectivity index (χ1v) is 7.64. The Labute approximate surface area is 130 Å². The van der Waals surface area contributed by atoms with Gasteiger partial charge in [-0.2, -0.15) is 5.10 Å². The molecule has 5 nitrogen and oxygen atoms in total. The van der Waals surface area contributed by atoms with Crippen molar-refractivity contribution in [1.82, 2.24) is 9.78 Å². The Bertz CT molecular complexity index is 658. The van der Waals surface area contributed by atoms with E-state index < -0.39 is 0 Å². The van der Waals surface area contributed by atoms with Crippen LogP contribution >= 0.6 is 0 Å². The number of amides is 1. The summed E-state index contributed by atoms with van der Waals surface area (Å²) < 4.78 is 7.06. The molecule has 22 heavy (non-hydrogen) atoms. The number of nitrogens with one attached hydrogen (secondary N) is 1. The first kappa shape index (κ1) is 14.8. The van der Waals surface area contributed by atoms with Gasteiger partial charge in [-0.3, -0.25) is 9.48 Å². The van der Waals surface area contributed by atoms with Crippen LogP contribution in [-0.4, -0.2) is 28.9 Å². The van der Waals surface area contributed by atoms with Crippen LogP contribution in [-0.2, 0) is 16.6 Å². The molecule has 1 fully saturated rings. The normalized spacial score (nSPS) is 15.7. The van der Waals surface area contributed by atoms with Crippen LogP contribution in [0.1, 0.15) is 18.4 Å². The molecule has 0 saturated carbocycles. The van der Waals surface area contributed by atoms with E-state index in [9.17, 15) is 4.79 Å². The molecule has 1 amide bonds. The van der Waals surface area contributed by atoms with E-state index in [2.05, 4.69) is 10.4 Å². The number of rotatable bonds is 3. The van der Waals surface area contributed by atoms with Gasteiger partial charge in [0.25, 0.3) is 0 Å². The largest absolute Gasteiger partial charge is 0.381 e. The van der Waals surface area contributed by atoms with Crippen LogP contribution in [0.5, 0.6) is 0 Å². The summed E-state index contributed by atoms with van der Waals surface area (Å²) in [6.07, 6.45) is 1.57. The number of anilines is 1. The molecule has 2 heterocycles. The highest BCUT2D eigenvalue weighted by molar-refractivity contribution is 5.93. The lowest BCUT2D eigenvalue weighted by atomic mass is 9.99. The van der Waals surface area contributed by atoms with Gasteiger partial charge in [-0.1, -0.05) is 30.3 Å². The fourth-order valence-electron chi connectivity index (χ4n) is 2.85. The number of ether oxygens (including phenoxy) is 1. The zero-order chi connectivity index (χ0) is 15.5. The second kappa shape index (κ2) is 6.32. The fourth-order valence-corrected chi connectivity index (χ4v) is 2.85. The lowest BCUT2D eigenvalue weighted by Crippen LogP contribution is -2.29. The Morgan fingerprint density at radius 3 is 2.64 bits per heavy atom. The predicted molar refractivity (Wildman–Crippen MR) is 85.6 cm³/mol. The lowest BCUT2D eigenvalue weighted by Gasteiger charge is -2.21. The highest BCUT2D eigenvalue weighted by Crippen LogP contribution is 2.28. The summed E-state index contributed by atoms with van der Waals surface area (Å²) in [4.78, 5) is 12.4. The van der Waals surface area contributed by atoms with Gasteiger partial charge >= 0.3 is 0 Å². The van der Waals surface area contributed by atoms with Crippen molar-refractivity contribution in [3.8, 4) is 11.3 Å². The van der Waals surface area contributed by atoms with Crippen LogP contribution in [0.3, 0.4) is 0 Å². The molecular weight excluding hydrogens is 278 g/mol. The molecule has 1 aliphatic rings. The first-order chi connectivity index (χ1) is 10.7. The van der Waals surface area contributed by atoms with Gasteiger partial charge in [0, 0.05) is 37.3 Å². The van der Waals surface area contributed by atoms with Gasteiger partial charge in [-0.05, 0) is 19.8 Å². The van der Waals surface area contributed by atoms with E-state index in [0.29, 0.717) is 13.2 Å². The summed E-state index contributed by atoms with van der Waals surface area (Å²) in [5.74, 6) is 0.868. The molecule has 2 aromatic rings. The van der Waals surface area contributed by atoms with Crippen molar-refractivity contribution in [2.45, 2.75) is 19.8 Å². The molecule has 1 N–H and O–H groups in total. The van der Waals surface area contributed by atoms with Gasteiger partial charge < -0.3 is 10.1 Å². The second-order valence-corrected chi connectivity index (χ2v) is 5.69. The number of nitrogens with zero attached hydrogens (tertiary/aromatic N) is 2. The van der Waals surface area contributed by atoms with Crippen LogP contribution in [0.2, 0.25) is 0 Å². The number of hydrogen-bond acceptors (Lipinski definition) is 3. The molecule has 1 saturated heterocycles. The number of aromatic nitrogens is 2. The predicted octanol–water partition coefficient (Wildman–Crippen LogP) is 2.76. The number of carbonyl (C=O) groups is 1. The molecule has 0 spiro atoms. The molecular formula is C17H21N3O2. The quantitative estimate of drug-likeness (QED) is 0.948. The van der Waals surface area contributed by atoms with Gasteiger partial charge in [-0.15, -0.1) is 0 Å². The van der Waals surface area contributed by atoms with E-state index in [1.807, 2.05) is 44.3 Å². The van der Waals surface area contributed by atoms with Crippen LogP contribution in [0.25, 0.3) is 11.3 Å². The highest BCUT2D eigenvalue weighted by Gasteiger charge is 2.24. The summed E-state index contributed by atoms with van der Waals surface area (Å²) in [5.41, 5.74) is 2.96. The minimum absolute atomic E-state index is 0.0308. The topological polar surface area (TPSA) is 56.2 Å². The lowest BCUT2D eigenvalue weighted by molar-refractivity contribution is -0.122. The summed E-state index contributed by atoms with van der Waals surface area (Å²) >= 11 is 0. The van der Waals surface area contributed by atoms with Crippen LogP contribution < -0.4 is 5.32 Å². The average molecular weight is 299 g/mol. The maximum absolute atomic E-state index is 12.4. The standard InChI is InChI=1S/C17H21N3O2/c1-12-15(13-6-4-3-5-7-13)19-20(2)16(12)18-17(21)14-8-10-22-11-9-14/h3-7,14H,8-11H2,1-2H3,(H,18,21). The minimum atomic E-state index is 0.0308. The van der Waals surface area contributed by atoms with E-state index in [4.69, 9.17) is 4.74 Å². The van der Waals surface area contributed by atoms with Gasteiger partial charge in [-0.25, -0.2) is 0 Å². The Morgan fingerprint density at radius 2 is 1.95 bits per heavy atom. The molecule has 0 unspecified atom stereocenters. The van der Waals surface area contributed by atoms with Crippen molar-refractivity contribution in [1.29, 1.82) is 0 Å². The van der Waals surface area contributed by atoms with E-state index in [0.717, 1.165) is 35.5 Å². The fraction of sp³-hybridized carbons (Fsp3) is 0.412. The maximum Gasteiger partial charge on any atom is 0.228 e. The molecule has 3 rings (SSSR count). The summed E-state index contributed by atoms with van der Waals surface area (Å²) in [5, 5.41) is 7.60. The Morgan fingerprint density at radius 1 is 1.27 bits per heavy atom. The molecule has 0 aliphatic carbocycles.